The van der Waals surface area contributed by atoms with Crippen molar-refractivity contribution in [2.24, 2.45) is 5.92 Å². The normalized spacial score (nSPS) is 16.9. The first-order valence-corrected chi connectivity index (χ1v) is 8.48. The third kappa shape index (κ3) is 3.25. The summed E-state index contributed by atoms with van der Waals surface area (Å²) in [6.07, 6.45) is 0.0259. The molecule has 138 valence electrons. The zero-order valence-corrected chi connectivity index (χ0v) is 14.2. The van der Waals surface area contributed by atoms with Gasteiger partial charge in [0, 0.05) is 19.5 Å². The maximum atomic E-state index is 14.1. The van der Waals surface area contributed by atoms with Gasteiger partial charge in [-0.25, -0.2) is 8.78 Å². The van der Waals surface area contributed by atoms with Gasteiger partial charge in [-0.05, 0) is 29.8 Å². The van der Waals surface area contributed by atoms with Crippen molar-refractivity contribution in [3.63, 3.8) is 0 Å². The molecule has 2 heterocycles. The fourth-order valence-corrected chi connectivity index (χ4v) is 3.23. The van der Waals surface area contributed by atoms with Gasteiger partial charge < -0.3 is 5.32 Å². The number of aromatic nitrogens is 2. The average Bonchev–Trinajstić information content (AvgIpc) is 3.25. The first kappa shape index (κ1) is 17.1. The van der Waals surface area contributed by atoms with Gasteiger partial charge in [-0.2, -0.15) is 5.10 Å². The van der Waals surface area contributed by atoms with Crippen molar-refractivity contribution in [1.29, 1.82) is 0 Å². The van der Waals surface area contributed by atoms with Gasteiger partial charge in [0.1, 0.15) is 11.6 Å². The SMILES string of the molecule is O=C(NCc1ccc(F)cc1)C1CC(=O)N(c2n[nH]c3cccc(F)c23)C1. The number of hydrogen-bond donors (Lipinski definition) is 2. The van der Waals surface area contributed by atoms with Gasteiger partial charge in [-0.3, -0.25) is 19.6 Å². The lowest BCUT2D eigenvalue weighted by molar-refractivity contribution is -0.126. The van der Waals surface area contributed by atoms with E-state index in [2.05, 4.69) is 15.5 Å². The molecule has 8 heteroatoms. The minimum Gasteiger partial charge on any atom is -0.352 e. The number of nitrogens with one attached hydrogen (secondary N) is 2. The number of benzene rings is 2. The van der Waals surface area contributed by atoms with E-state index in [4.69, 9.17) is 0 Å². The minimum atomic E-state index is -0.559. The van der Waals surface area contributed by atoms with E-state index in [0.717, 1.165) is 5.56 Å². The molecule has 0 bridgehead atoms. The maximum absolute atomic E-state index is 14.1. The van der Waals surface area contributed by atoms with E-state index >= 15 is 0 Å². The number of carbonyl (C=O) groups excluding carboxylic acids is 2. The van der Waals surface area contributed by atoms with Crippen molar-refractivity contribution in [2.45, 2.75) is 13.0 Å². The molecular weight excluding hydrogens is 354 g/mol. The summed E-state index contributed by atoms with van der Waals surface area (Å²) in [5, 5.41) is 9.75. The molecule has 1 fully saturated rings. The molecule has 1 saturated heterocycles. The molecule has 4 rings (SSSR count). The second-order valence-corrected chi connectivity index (χ2v) is 6.46. The Morgan fingerprint density at radius 1 is 1.22 bits per heavy atom. The van der Waals surface area contributed by atoms with Crippen LogP contribution in [0.2, 0.25) is 0 Å². The highest BCUT2D eigenvalue weighted by Gasteiger charge is 2.37. The Morgan fingerprint density at radius 3 is 2.78 bits per heavy atom. The van der Waals surface area contributed by atoms with Gasteiger partial charge in [-0.15, -0.1) is 0 Å². The van der Waals surface area contributed by atoms with Crippen LogP contribution in [0, 0.1) is 17.6 Å². The summed E-state index contributed by atoms with van der Waals surface area (Å²) < 4.78 is 27.1. The van der Waals surface area contributed by atoms with E-state index in [1.54, 1.807) is 24.3 Å². The summed E-state index contributed by atoms with van der Waals surface area (Å²) in [7, 11) is 0. The second kappa shape index (κ2) is 6.79. The Labute approximate surface area is 153 Å². The fraction of sp³-hybridized carbons (Fsp3) is 0.211. The molecule has 1 aromatic heterocycles. The average molecular weight is 370 g/mol. The van der Waals surface area contributed by atoms with E-state index in [-0.39, 0.29) is 48.3 Å². The number of carbonyl (C=O) groups is 2. The topological polar surface area (TPSA) is 78.1 Å². The Balaban J connectivity index is 1.47. The molecule has 3 aromatic rings. The monoisotopic (exact) mass is 370 g/mol. The van der Waals surface area contributed by atoms with Gasteiger partial charge in [0.25, 0.3) is 0 Å². The van der Waals surface area contributed by atoms with Crippen LogP contribution in [-0.2, 0) is 16.1 Å². The van der Waals surface area contributed by atoms with E-state index < -0.39 is 11.7 Å². The molecule has 0 radical (unpaired) electrons. The minimum absolute atomic E-state index is 0.0259. The first-order chi connectivity index (χ1) is 13.0. The van der Waals surface area contributed by atoms with Crippen molar-refractivity contribution in [1.82, 2.24) is 15.5 Å². The Morgan fingerprint density at radius 2 is 2.00 bits per heavy atom. The van der Waals surface area contributed by atoms with E-state index in [1.807, 2.05) is 0 Å². The zero-order chi connectivity index (χ0) is 19.0. The molecule has 0 aliphatic carbocycles. The molecule has 1 atom stereocenters. The lowest BCUT2D eigenvalue weighted by Crippen LogP contribution is -2.32. The van der Waals surface area contributed by atoms with Crippen molar-refractivity contribution >= 4 is 28.5 Å². The number of fused-ring (bicyclic) bond motifs is 1. The quantitative estimate of drug-likeness (QED) is 0.741. The highest BCUT2D eigenvalue weighted by Crippen LogP contribution is 2.31. The van der Waals surface area contributed by atoms with Crippen LogP contribution >= 0.6 is 0 Å². The van der Waals surface area contributed by atoms with Crippen LogP contribution in [0.3, 0.4) is 0 Å². The van der Waals surface area contributed by atoms with Gasteiger partial charge in [0.05, 0.1) is 16.8 Å². The van der Waals surface area contributed by atoms with Gasteiger partial charge in [0.15, 0.2) is 5.82 Å². The first-order valence-electron chi connectivity index (χ1n) is 8.48. The Bertz CT molecular complexity index is 1020. The predicted octanol–water partition coefficient (Wildman–Crippen LogP) is 2.51. The van der Waals surface area contributed by atoms with Gasteiger partial charge in [0.2, 0.25) is 11.8 Å². The molecule has 27 heavy (non-hydrogen) atoms. The number of anilines is 1. The molecule has 1 aliphatic rings. The highest BCUT2D eigenvalue weighted by molar-refractivity contribution is 6.05. The predicted molar refractivity (Wildman–Crippen MR) is 94.8 cm³/mol. The van der Waals surface area contributed by atoms with Crippen LogP contribution < -0.4 is 10.2 Å². The van der Waals surface area contributed by atoms with Crippen molar-refractivity contribution < 1.29 is 18.4 Å². The van der Waals surface area contributed by atoms with Crippen molar-refractivity contribution in [3.05, 3.63) is 59.7 Å². The maximum Gasteiger partial charge on any atom is 0.229 e. The Hall–Kier alpha value is -3.29. The lowest BCUT2D eigenvalue weighted by atomic mass is 10.1. The molecule has 0 spiro atoms. The lowest BCUT2D eigenvalue weighted by Gasteiger charge is -2.14. The number of rotatable bonds is 4. The largest absolute Gasteiger partial charge is 0.352 e. The second-order valence-electron chi connectivity index (χ2n) is 6.46. The number of H-pyrrole nitrogens is 1. The third-order valence-corrected chi connectivity index (χ3v) is 4.65. The van der Waals surface area contributed by atoms with E-state index in [9.17, 15) is 18.4 Å². The van der Waals surface area contributed by atoms with Crippen LogP contribution in [0.1, 0.15) is 12.0 Å². The smallest absolute Gasteiger partial charge is 0.229 e. The molecule has 2 N–H and O–H groups in total. The summed E-state index contributed by atoms with van der Waals surface area (Å²) in [5.41, 5.74) is 1.24. The summed E-state index contributed by atoms with van der Waals surface area (Å²) in [6.45, 7) is 0.367. The summed E-state index contributed by atoms with van der Waals surface area (Å²) >= 11 is 0. The zero-order valence-electron chi connectivity index (χ0n) is 14.2. The summed E-state index contributed by atoms with van der Waals surface area (Å²) in [4.78, 5) is 26.1. The summed E-state index contributed by atoms with van der Waals surface area (Å²) in [6, 6.07) is 10.3. The number of aromatic amines is 1. The molecule has 1 unspecified atom stereocenters. The molecule has 1 aliphatic heterocycles. The standard InChI is InChI=1S/C19H16F2N4O2/c20-13-6-4-11(5-7-13)9-22-19(27)12-8-16(26)25(10-12)18-17-14(21)2-1-3-15(17)23-24-18/h1-7,12H,8-10H2,(H,22,27)(H,23,24). The van der Waals surface area contributed by atoms with Crippen LogP contribution in [-0.4, -0.2) is 28.6 Å². The van der Waals surface area contributed by atoms with Crippen LogP contribution in [0.25, 0.3) is 10.9 Å². The molecule has 2 aromatic carbocycles. The van der Waals surface area contributed by atoms with Crippen LogP contribution in [0.15, 0.2) is 42.5 Å². The number of nitrogens with zero attached hydrogens (tertiary/aromatic N) is 2. The molecule has 6 nitrogen and oxygen atoms in total. The van der Waals surface area contributed by atoms with Crippen LogP contribution in [0.4, 0.5) is 14.6 Å². The number of amides is 2. The molecular formula is C19H16F2N4O2. The number of hydrogen-bond acceptors (Lipinski definition) is 3. The van der Waals surface area contributed by atoms with E-state index in [1.165, 1.54) is 23.1 Å². The molecule has 0 saturated carbocycles. The fourth-order valence-electron chi connectivity index (χ4n) is 3.23. The molecule has 2 amide bonds. The number of halogens is 2. The van der Waals surface area contributed by atoms with Crippen molar-refractivity contribution in [2.75, 3.05) is 11.4 Å². The van der Waals surface area contributed by atoms with Crippen molar-refractivity contribution in [3.8, 4) is 0 Å². The Kier molecular flexibility index (Phi) is 4.31. The third-order valence-electron chi connectivity index (χ3n) is 4.65. The van der Waals surface area contributed by atoms with Gasteiger partial charge >= 0.3 is 0 Å². The highest BCUT2D eigenvalue weighted by atomic mass is 19.1. The summed E-state index contributed by atoms with van der Waals surface area (Å²) in [5.74, 6) is -1.75. The van der Waals surface area contributed by atoms with Crippen LogP contribution in [0.5, 0.6) is 0 Å². The van der Waals surface area contributed by atoms with E-state index in [0.29, 0.717) is 5.52 Å². The van der Waals surface area contributed by atoms with Gasteiger partial charge in [-0.1, -0.05) is 18.2 Å².